The summed E-state index contributed by atoms with van der Waals surface area (Å²) in [4.78, 5) is 17.1. The Kier molecular flexibility index (Phi) is 5.46. The lowest BCUT2D eigenvalue weighted by Gasteiger charge is -2.49. The maximum Gasteiger partial charge on any atom is 0.317 e. The topological polar surface area (TPSA) is 44.8 Å². The van der Waals surface area contributed by atoms with Gasteiger partial charge in [-0.25, -0.2) is 4.79 Å². The highest BCUT2D eigenvalue weighted by molar-refractivity contribution is 5.74. The molecular formula is C21H31N3O2. The van der Waals surface area contributed by atoms with Crippen molar-refractivity contribution in [2.24, 2.45) is 0 Å². The van der Waals surface area contributed by atoms with Crippen LogP contribution in [0.3, 0.4) is 0 Å². The summed E-state index contributed by atoms with van der Waals surface area (Å²) in [5.41, 5.74) is 2.72. The molecule has 3 saturated heterocycles. The average molecular weight is 357 g/mol. The lowest BCUT2D eigenvalue weighted by Crippen LogP contribution is -2.58. The van der Waals surface area contributed by atoms with Gasteiger partial charge in [-0.15, -0.1) is 0 Å². The van der Waals surface area contributed by atoms with Gasteiger partial charge < -0.3 is 15.0 Å². The van der Waals surface area contributed by atoms with Gasteiger partial charge in [0.25, 0.3) is 0 Å². The summed E-state index contributed by atoms with van der Waals surface area (Å²) < 4.78 is 5.35. The number of carbonyl (C=O) groups excluding carboxylic acids is 1. The molecule has 0 aliphatic carbocycles. The van der Waals surface area contributed by atoms with E-state index < -0.39 is 0 Å². The number of nitrogens with one attached hydrogen (secondary N) is 1. The summed E-state index contributed by atoms with van der Waals surface area (Å²) >= 11 is 0. The summed E-state index contributed by atoms with van der Waals surface area (Å²) in [6, 6.07) is 10.5. The van der Waals surface area contributed by atoms with Gasteiger partial charge in [-0.05, 0) is 38.2 Å². The SMILES string of the molecule is Cc1ccc(CN2[C@H]3CCC[C@H]2CC(NC(=O)N2CCOCC2)C3)cc1. The van der Waals surface area contributed by atoms with E-state index in [-0.39, 0.29) is 6.03 Å². The van der Waals surface area contributed by atoms with Gasteiger partial charge in [0.15, 0.2) is 0 Å². The van der Waals surface area contributed by atoms with Crippen molar-refractivity contribution in [2.45, 2.75) is 63.7 Å². The molecule has 2 atom stereocenters. The van der Waals surface area contributed by atoms with Crippen LogP contribution in [0.4, 0.5) is 4.79 Å². The Morgan fingerprint density at radius 1 is 1.12 bits per heavy atom. The first-order valence-electron chi connectivity index (χ1n) is 10.1. The van der Waals surface area contributed by atoms with E-state index >= 15 is 0 Å². The minimum Gasteiger partial charge on any atom is -0.378 e. The summed E-state index contributed by atoms with van der Waals surface area (Å²) in [6.07, 6.45) is 6.00. The fourth-order valence-electron chi connectivity index (χ4n) is 4.79. The number of rotatable bonds is 3. The summed E-state index contributed by atoms with van der Waals surface area (Å²) in [6.45, 7) is 5.93. The second-order valence-corrected chi connectivity index (χ2v) is 8.11. The Bertz CT molecular complexity index is 598. The lowest BCUT2D eigenvalue weighted by atomic mass is 9.81. The van der Waals surface area contributed by atoms with Crippen LogP contribution in [0.1, 0.15) is 43.2 Å². The number of hydrogen-bond donors (Lipinski definition) is 1. The minimum atomic E-state index is 0.100. The van der Waals surface area contributed by atoms with E-state index in [4.69, 9.17) is 4.74 Å². The molecule has 0 spiro atoms. The first-order chi connectivity index (χ1) is 12.7. The van der Waals surface area contributed by atoms with Crippen molar-refractivity contribution < 1.29 is 9.53 Å². The van der Waals surface area contributed by atoms with Gasteiger partial charge in [0.1, 0.15) is 0 Å². The number of hydrogen-bond acceptors (Lipinski definition) is 3. The quantitative estimate of drug-likeness (QED) is 0.905. The van der Waals surface area contributed by atoms with Crippen LogP contribution >= 0.6 is 0 Å². The van der Waals surface area contributed by atoms with Crippen molar-refractivity contribution in [2.75, 3.05) is 26.3 Å². The van der Waals surface area contributed by atoms with Crippen LogP contribution in [0.2, 0.25) is 0 Å². The highest BCUT2D eigenvalue weighted by Gasteiger charge is 2.38. The zero-order chi connectivity index (χ0) is 17.9. The first kappa shape index (κ1) is 17.8. The Morgan fingerprint density at radius 2 is 1.77 bits per heavy atom. The van der Waals surface area contributed by atoms with Gasteiger partial charge in [0.05, 0.1) is 13.2 Å². The average Bonchev–Trinajstić information content (AvgIpc) is 2.65. The number of piperidine rings is 2. The molecule has 4 rings (SSSR count). The van der Waals surface area contributed by atoms with Crippen molar-refractivity contribution >= 4 is 6.03 Å². The fraction of sp³-hybridized carbons (Fsp3) is 0.667. The summed E-state index contributed by atoms with van der Waals surface area (Å²) in [5, 5.41) is 3.31. The Hall–Kier alpha value is -1.59. The van der Waals surface area contributed by atoms with Crippen LogP contribution in [0, 0.1) is 6.92 Å². The molecule has 2 amide bonds. The molecule has 0 aromatic heterocycles. The number of urea groups is 1. The Morgan fingerprint density at radius 3 is 2.42 bits per heavy atom. The highest BCUT2D eigenvalue weighted by Crippen LogP contribution is 2.35. The second kappa shape index (κ2) is 7.97. The molecule has 5 nitrogen and oxygen atoms in total. The predicted molar refractivity (Wildman–Crippen MR) is 102 cm³/mol. The van der Waals surface area contributed by atoms with Crippen molar-refractivity contribution in [3.8, 4) is 0 Å². The molecule has 3 aliphatic rings. The normalized spacial score (nSPS) is 29.4. The monoisotopic (exact) mass is 357 g/mol. The largest absolute Gasteiger partial charge is 0.378 e. The molecule has 0 saturated carbocycles. The number of fused-ring (bicyclic) bond motifs is 2. The third-order valence-electron chi connectivity index (χ3n) is 6.24. The predicted octanol–water partition coefficient (Wildman–Crippen LogP) is 2.92. The molecule has 26 heavy (non-hydrogen) atoms. The van der Waals surface area contributed by atoms with Crippen LogP contribution in [-0.4, -0.2) is 60.3 Å². The van der Waals surface area contributed by atoms with E-state index in [1.165, 1.54) is 30.4 Å². The first-order valence-corrected chi connectivity index (χ1v) is 10.1. The van der Waals surface area contributed by atoms with Crippen LogP contribution in [0.5, 0.6) is 0 Å². The number of ether oxygens (including phenoxy) is 1. The van der Waals surface area contributed by atoms with Gasteiger partial charge in [-0.2, -0.15) is 0 Å². The number of carbonyl (C=O) groups is 1. The maximum atomic E-state index is 12.5. The Labute approximate surface area is 156 Å². The smallest absolute Gasteiger partial charge is 0.317 e. The molecule has 5 heteroatoms. The highest BCUT2D eigenvalue weighted by atomic mass is 16.5. The van der Waals surface area contributed by atoms with Crippen molar-refractivity contribution in [1.29, 1.82) is 0 Å². The third-order valence-corrected chi connectivity index (χ3v) is 6.24. The molecule has 3 fully saturated rings. The fourth-order valence-corrected chi connectivity index (χ4v) is 4.79. The Balaban J connectivity index is 1.36. The van der Waals surface area contributed by atoms with Crippen molar-refractivity contribution in [3.63, 3.8) is 0 Å². The molecule has 1 N–H and O–H groups in total. The van der Waals surface area contributed by atoms with E-state index in [1.807, 2.05) is 4.90 Å². The van der Waals surface area contributed by atoms with Crippen LogP contribution in [0.25, 0.3) is 0 Å². The van der Waals surface area contributed by atoms with E-state index in [2.05, 4.69) is 41.4 Å². The van der Waals surface area contributed by atoms with Gasteiger partial charge in [0, 0.05) is 37.8 Å². The molecule has 142 valence electrons. The molecule has 3 heterocycles. The van der Waals surface area contributed by atoms with Crippen molar-refractivity contribution in [3.05, 3.63) is 35.4 Å². The molecule has 1 aromatic carbocycles. The molecular weight excluding hydrogens is 326 g/mol. The number of morpholine rings is 1. The second-order valence-electron chi connectivity index (χ2n) is 8.11. The van der Waals surface area contributed by atoms with Gasteiger partial charge in [-0.1, -0.05) is 36.2 Å². The minimum absolute atomic E-state index is 0.100. The van der Waals surface area contributed by atoms with Crippen molar-refractivity contribution in [1.82, 2.24) is 15.1 Å². The lowest BCUT2D eigenvalue weighted by molar-refractivity contribution is 0.0161. The number of amides is 2. The van der Waals surface area contributed by atoms with Crippen LogP contribution in [-0.2, 0) is 11.3 Å². The molecule has 3 aliphatic heterocycles. The zero-order valence-electron chi connectivity index (χ0n) is 15.8. The maximum absolute atomic E-state index is 12.5. The molecule has 2 bridgehead atoms. The van der Waals surface area contributed by atoms with E-state index in [0.717, 1.165) is 19.4 Å². The summed E-state index contributed by atoms with van der Waals surface area (Å²) in [5.74, 6) is 0. The van der Waals surface area contributed by atoms with Gasteiger partial charge in [-0.3, -0.25) is 4.90 Å². The zero-order valence-corrected chi connectivity index (χ0v) is 15.8. The number of aryl methyl sites for hydroxylation is 1. The molecule has 0 radical (unpaired) electrons. The summed E-state index contributed by atoms with van der Waals surface area (Å²) in [7, 11) is 0. The van der Waals surface area contributed by atoms with Gasteiger partial charge >= 0.3 is 6.03 Å². The van der Waals surface area contributed by atoms with E-state index in [9.17, 15) is 4.79 Å². The number of benzene rings is 1. The third kappa shape index (κ3) is 4.04. The van der Waals surface area contributed by atoms with E-state index in [1.54, 1.807) is 0 Å². The molecule has 1 aromatic rings. The van der Waals surface area contributed by atoms with Crippen LogP contribution in [0.15, 0.2) is 24.3 Å². The van der Waals surface area contributed by atoms with Crippen LogP contribution < -0.4 is 5.32 Å². The van der Waals surface area contributed by atoms with Gasteiger partial charge in [0.2, 0.25) is 0 Å². The standard InChI is InChI=1S/C21H31N3O2/c1-16-5-7-17(8-6-16)15-24-19-3-2-4-20(24)14-18(13-19)22-21(25)23-9-11-26-12-10-23/h5-8,18-20H,2-4,9-15H2,1H3,(H,22,25)/t19-,20-/m0/s1. The number of nitrogens with zero attached hydrogens (tertiary/aromatic N) is 2. The molecule has 0 unspecified atom stereocenters. The van der Waals surface area contributed by atoms with E-state index in [0.29, 0.717) is 44.4 Å².